The maximum absolute atomic E-state index is 13.0. The van der Waals surface area contributed by atoms with Crippen LogP contribution < -0.4 is 16.0 Å². The van der Waals surface area contributed by atoms with Crippen molar-refractivity contribution in [3.05, 3.63) is 77.4 Å². The van der Waals surface area contributed by atoms with Crippen LogP contribution in [0.4, 0.5) is 5.69 Å². The van der Waals surface area contributed by atoms with Gasteiger partial charge in [-0.1, -0.05) is 48.5 Å². The Hall–Kier alpha value is -3.18. The minimum Gasteiger partial charge on any atom is -0.345 e. The first kappa shape index (κ1) is 19.2. The van der Waals surface area contributed by atoms with Gasteiger partial charge in [-0.3, -0.25) is 9.59 Å². The first-order valence-electron chi connectivity index (χ1n) is 9.96. The van der Waals surface area contributed by atoms with Crippen LogP contribution in [-0.2, 0) is 4.79 Å². The zero-order valence-corrected chi connectivity index (χ0v) is 16.7. The Morgan fingerprint density at radius 3 is 2.59 bits per heavy atom. The number of benzene rings is 3. The highest BCUT2D eigenvalue weighted by Crippen LogP contribution is 2.25. The summed E-state index contributed by atoms with van der Waals surface area (Å²) in [5.74, 6) is -0.212. The molecule has 148 valence electrons. The zero-order valence-electron chi connectivity index (χ0n) is 16.7. The predicted octanol–water partition coefficient (Wildman–Crippen LogP) is 3.94. The van der Waals surface area contributed by atoms with Crippen molar-refractivity contribution in [2.24, 2.45) is 0 Å². The Morgan fingerprint density at radius 2 is 1.83 bits per heavy atom. The molecule has 1 unspecified atom stereocenters. The van der Waals surface area contributed by atoms with E-state index in [1.54, 1.807) is 6.07 Å². The van der Waals surface area contributed by atoms with Crippen molar-refractivity contribution >= 4 is 28.3 Å². The normalized spacial score (nSPS) is 16.7. The molecule has 4 rings (SSSR count). The van der Waals surface area contributed by atoms with Gasteiger partial charge in [0.25, 0.3) is 5.91 Å². The van der Waals surface area contributed by atoms with Gasteiger partial charge in [0.1, 0.15) is 0 Å². The van der Waals surface area contributed by atoms with Crippen LogP contribution >= 0.6 is 0 Å². The van der Waals surface area contributed by atoms with E-state index in [1.165, 1.54) is 0 Å². The predicted molar refractivity (Wildman–Crippen MR) is 116 cm³/mol. The third kappa shape index (κ3) is 4.00. The Balaban J connectivity index is 1.53. The Bertz CT molecular complexity index is 1070. The lowest BCUT2D eigenvalue weighted by atomic mass is 9.99. The van der Waals surface area contributed by atoms with Gasteiger partial charge in [-0.15, -0.1) is 0 Å². The molecule has 0 aliphatic carbocycles. The van der Waals surface area contributed by atoms with Crippen LogP contribution in [-0.4, -0.2) is 24.4 Å². The number of amides is 2. The summed E-state index contributed by atoms with van der Waals surface area (Å²) in [5, 5.41) is 11.4. The van der Waals surface area contributed by atoms with E-state index in [2.05, 4.69) is 34.1 Å². The Kier molecular flexibility index (Phi) is 5.32. The average Bonchev–Trinajstić information content (AvgIpc) is 2.67. The maximum atomic E-state index is 13.0. The van der Waals surface area contributed by atoms with E-state index >= 15 is 0 Å². The van der Waals surface area contributed by atoms with Crippen molar-refractivity contribution in [3.63, 3.8) is 0 Å². The second-order valence-electron chi connectivity index (χ2n) is 7.58. The van der Waals surface area contributed by atoms with E-state index < -0.39 is 0 Å². The molecule has 1 heterocycles. The van der Waals surface area contributed by atoms with Crippen LogP contribution in [0.2, 0.25) is 0 Å². The van der Waals surface area contributed by atoms with E-state index in [1.807, 2.05) is 50.2 Å². The van der Waals surface area contributed by atoms with Gasteiger partial charge >= 0.3 is 0 Å². The molecule has 3 N–H and O–H groups in total. The number of carbonyl (C=O) groups is 2. The van der Waals surface area contributed by atoms with Crippen LogP contribution in [0.5, 0.6) is 0 Å². The number of nitrogens with one attached hydrogen (secondary N) is 3. The van der Waals surface area contributed by atoms with E-state index in [4.69, 9.17) is 0 Å². The molecular formula is C24H25N3O2. The highest BCUT2D eigenvalue weighted by Gasteiger charge is 2.24. The van der Waals surface area contributed by atoms with Crippen molar-refractivity contribution < 1.29 is 9.59 Å². The molecule has 0 aromatic heterocycles. The van der Waals surface area contributed by atoms with Gasteiger partial charge in [-0.05, 0) is 60.8 Å². The molecule has 0 saturated carbocycles. The highest BCUT2D eigenvalue weighted by molar-refractivity contribution is 6.00. The molecule has 1 fully saturated rings. The number of rotatable bonds is 5. The first-order chi connectivity index (χ1) is 14.0. The molecule has 1 aliphatic heterocycles. The lowest BCUT2D eigenvalue weighted by molar-refractivity contribution is -0.119. The molecule has 1 saturated heterocycles. The van der Waals surface area contributed by atoms with E-state index in [0.717, 1.165) is 34.9 Å². The fourth-order valence-electron chi connectivity index (χ4n) is 3.67. The van der Waals surface area contributed by atoms with Crippen molar-refractivity contribution in [2.45, 2.75) is 32.4 Å². The summed E-state index contributed by atoms with van der Waals surface area (Å²) in [6, 6.07) is 19.4. The van der Waals surface area contributed by atoms with Crippen molar-refractivity contribution in [1.29, 1.82) is 0 Å². The maximum Gasteiger partial charge on any atom is 0.252 e. The van der Waals surface area contributed by atoms with Crippen LogP contribution in [0, 0.1) is 6.92 Å². The number of hydrogen-bond acceptors (Lipinski definition) is 3. The minimum atomic E-state index is -0.152. The molecule has 5 nitrogen and oxygen atoms in total. The van der Waals surface area contributed by atoms with Gasteiger partial charge in [-0.2, -0.15) is 0 Å². The second-order valence-corrected chi connectivity index (χ2v) is 7.58. The Labute approximate surface area is 170 Å². The van der Waals surface area contributed by atoms with Crippen LogP contribution in [0.1, 0.15) is 40.9 Å². The first-order valence-corrected chi connectivity index (χ1v) is 9.96. The number of aryl methyl sites for hydroxylation is 1. The minimum absolute atomic E-state index is 0.0596. The quantitative estimate of drug-likeness (QED) is 0.621. The Morgan fingerprint density at radius 1 is 1.07 bits per heavy atom. The number of fused-ring (bicyclic) bond motifs is 1. The molecule has 5 heteroatoms. The number of anilines is 1. The molecular weight excluding hydrogens is 362 g/mol. The standard InChI is InChI=1S/C24H25N3O2/c1-15-10-11-18(27-24(29)22-12-13-25-22)14-21(15)23(28)26-16(2)19-9-5-7-17-6-3-4-8-20(17)19/h3-11,14,16,22,25H,12-13H2,1-2H3,(H,26,28)(H,27,29)/t16-,22?/m1/s1. The summed E-state index contributed by atoms with van der Waals surface area (Å²) in [4.78, 5) is 25.2. The monoisotopic (exact) mass is 387 g/mol. The summed E-state index contributed by atoms with van der Waals surface area (Å²) in [7, 11) is 0. The zero-order chi connectivity index (χ0) is 20.4. The number of hydrogen-bond donors (Lipinski definition) is 3. The smallest absolute Gasteiger partial charge is 0.252 e. The van der Waals surface area contributed by atoms with Crippen molar-refractivity contribution in [1.82, 2.24) is 10.6 Å². The SMILES string of the molecule is Cc1ccc(NC(=O)C2CCN2)cc1C(=O)N[C@H](C)c1cccc2ccccc12. The van der Waals surface area contributed by atoms with Gasteiger partial charge in [0.05, 0.1) is 12.1 Å². The fourth-order valence-corrected chi connectivity index (χ4v) is 3.67. The van der Waals surface area contributed by atoms with E-state index in [9.17, 15) is 9.59 Å². The molecule has 3 aromatic rings. The molecule has 29 heavy (non-hydrogen) atoms. The number of carbonyl (C=O) groups excluding carboxylic acids is 2. The molecule has 2 amide bonds. The van der Waals surface area contributed by atoms with Gasteiger partial charge in [-0.25, -0.2) is 0 Å². The molecule has 2 atom stereocenters. The van der Waals surface area contributed by atoms with Gasteiger partial charge in [0.2, 0.25) is 5.91 Å². The third-order valence-corrected chi connectivity index (χ3v) is 5.53. The third-order valence-electron chi connectivity index (χ3n) is 5.53. The van der Waals surface area contributed by atoms with Gasteiger partial charge in [0, 0.05) is 11.3 Å². The molecule has 3 aromatic carbocycles. The average molecular weight is 387 g/mol. The highest BCUT2D eigenvalue weighted by atomic mass is 16.2. The molecule has 0 bridgehead atoms. The van der Waals surface area contributed by atoms with Crippen molar-refractivity contribution in [3.8, 4) is 0 Å². The van der Waals surface area contributed by atoms with Gasteiger partial charge < -0.3 is 16.0 Å². The fraction of sp³-hybridized carbons (Fsp3) is 0.250. The second kappa shape index (κ2) is 8.05. The van der Waals surface area contributed by atoms with E-state index in [-0.39, 0.29) is 23.9 Å². The van der Waals surface area contributed by atoms with Gasteiger partial charge in [0.15, 0.2) is 0 Å². The van der Waals surface area contributed by atoms with Crippen LogP contribution in [0.15, 0.2) is 60.7 Å². The largest absolute Gasteiger partial charge is 0.345 e. The molecule has 0 spiro atoms. The molecule has 0 radical (unpaired) electrons. The van der Waals surface area contributed by atoms with E-state index in [0.29, 0.717) is 11.3 Å². The van der Waals surface area contributed by atoms with Crippen LogP contribution in [0.25, 0.3) is 10.8 Å². The lowest BCUT2D eigenvalue weighted by Gasteiger charge is -2.26. The summed E-state index contributed by atoms with van der Waals surface area (Å²) in [5.41, 5.74) is 3.15. The summed E-state index contributed by atoms with van der Waals surface area (Å²) in [6.45, 7) is 4.76. The summed E-state index contributed by atoms with van der Waals surface area (Å²) < 4.78 is 0. The molecule has 1 aliphatic rings. The topological polar surface area (TPSA) is 70.2 Å². The van der Waals surface area contributed by atoms with Crippen LogP contribution in [0.3, 0.4) is 0 Å². The lowest BCUT2D eigenvalue weighted by Crippen LogP contribution is -2.50. The summed E-state index contributed by atoms with van der Waals surface area (Å²) in [6.07, 6.45) is 0.841. The van der Waals surface area contributed by atoms with Crippen molar-refractivity contribution in [2.75, 3.05) is 11.9 Å². The summed E-state index contributed by atoms with van der Waals surface area (Å²) >= 11 is 0.